The zero-order chi connectivity index (χ0) is 17.0. The molecule has 0 unspecified atom stereocenters. The fraction of sp³-hybridized carbons (Fsp3) is 0.412. The van der Waals surface area contributed by atoms with Crippen LogP contribution in [0.25, 0.3) is 0 Å². The van der Waals surface area contributed by atoms with Gasteiger partial charge in [0.2, 0.25) is 5.91 Å². The minimum absolute atomic E-state index is 0.00290. The van der Waals surface area contributed by atoms with E-state index in [0.29, 0.717) is 6.54 Å². The van der Waals surface area contributed by atoms with E-state index < -0.39 is 5.60 Å². The van der Waals surface area contributed by atoms with Gasteiger partial charge in [-0.1, -0.05) is 41.7 Å². The van der Waals surface area contributed by atoms with Crippen molar-refractivity contribution in [2.45, 2.75) is 39.5 Å². The Morgan fingerprint density at radius 1 is 1.30 bits per heavy atom. The first kappa shape index (κ1) is 17.4. The van der Waals surface area contributed by atoms with Gasteiger partial charge in [0.25, 0.3) is 0 Å². The molecule has 0 fully saturated rings. The number of hydrogen-bond acceptors (Lipinski definition) is 4. The summed E-state index contributed by atoms with van der Waals surface area (Å²) in [6.45, 7) is 5.75. The lowest BCUT2D eigenvalue weighted by Crippen LogP contribution is -2.43. The Morgan fingerprint density at radius 3 is 2.48 bits per heavy atom. The van der Waals surface area contributed by atoms with E-state index in [1.165, 1.54) is 4.57 Å². The van der Waals surface area contributed by atoms with Crippen molar-refractivity contribution in [2.75, 3.05) is 6.54 Å². The van der Waals surface area contributed by atoms with Gasteiger partial charge in [-0.25, -0.2) is 0 Å². The van der Waals surface area contributed by atoms with Crippen LogP contribution in [-0.4, -0.2) is 32.6 Å². The van der Waals surface area contributed by atoms with Crippen molar-refractivity contribution >= 4 is 17.2 Å². The van der Waals surface area contributed by atoms with Crippen LogP contribution in [0.4, 0.5) is 0 Å². The van der Waals surface area contributed by atoms with Gasteiger partial charge >= 0.3 is 4.87 Å². The van der Waals surface area contributed by atoms with Gasteiger partial charge in [0, 0.05) is 24.2 Å². The summed E-state index contributed by atoms with van der Waals surface area (Å²) in [5.41, 5.74) is 0.759. The van der Waals surface area contributed by atoms with E-state index in [4.69, 9.17) is 0 Å². The third-order valence-corrected chi connectivity index (χ3v) is 4.30. The predicted octanol–water partition coefficient (Wildman–Crippen LogP) is 2.02. The summed E-state index contributed by atoms with van der Waals surface area (Å²) in [6, 6.07) is 9.62. The Labute approximate surface area is 139 Å². The van der Waals surface area contributed by atoms with Crippen molar-refractivity contribution in [3.63, 3.8) is 0 Å². The molecule has 2 rings (SSSR count). The normalized spacial score (nSPS) is 11.5. The molecule has 0 aliphatic rings. The van der Waals surface area contributed by atoms with Crippen molar-refractivity contribution in [2.24, 2.45) is 0 Å². The average molecular weight is 334 g/mol. The zero-order valence-electron chi connectivity index (χ0n) is 13.7. The predicted molar refractivity (Wildman–Crippen MR) is 91.5 cm³/mol. The van der Waals surface area contributed by atoms with E-state index >= 15 is 0 Å². The standard InChI is InChI=1S/C17H22N2O3S/c1-13-11-23-16(21)19(13)10-15(20)18(12-17(2,3)22)9-14-7-5-4-6-8-14/h4-8,11,22H,9-10,12H2,1-3H3. The van der Waals surface area contributed by atoms with E-state index in [1.807, 2.05) is 37.3 Å². The average Bonchev–Trinajstić information content (AvgIpc) is 2.78. The smallest absolute Gasteiger partial charge is 0.307 e. The van der Waals surface area contributed by atoms with Crippen LogP contribution >= 0.6 is 11.3 Å². The van der Waals surface area contributed by atoms with Gasteiger partial charge in [-0.15, -0.1) is 0 Å². The molecule has 0 atom stereocenters. The summed E-state index contributed by atoms with van der Waals surface area (Å²) in [7, 11) is 0. The molecule has 0 spiro atoms. The highest BCUT2D eigenvalue weighted by molar-refractivity contribution is 7.07. The maximum absolute atomic E-state index is 12.7. The minimum Gasteiger partial charge on any atom is -0.389 e. The second-order valence-electron chi connectivity index (χ2n) is 6.28. The molecular weight excluding hydrogens is 312 g/mol. The first-order valence-electron chi connectivity index (χ1n) is 7.45. The molecule has 0 saturated carbocycles. The second-order valence-corrected chi connectivity index (χ2v) is 7.10. The van der Waals surface area contributed by atoms with Crippen LogP contribution in [0.2, 0.25) is 0 Å². The number of nitrogens with zero attached hydrogens (tertiary/aromatic N) is 2. The summed E-state index contributed by atoms with van der Waals surface area (Å²) < 4.78 is 1.47. The van der Waals surface area contributed by atoms with Crippen LogP contribution in [0, 0.1) is 6.92 Å². The third kappa shape index (κ3) is 5.04. The number of aryl methyl sites for hydroxylation is 1. The summed E-state index contributed by atoms with van der Waals surface area (Å²) in [6.07, 6.45) is 0. The highest BCUT2D eigenvalue weighted by atomic mass is 32.1. The van der Waals surface area contributed by atoms with Gasteiger partial charge in [-0.05, 0) is 26.3 Å². The van der Waals surface area contributed by atoms with Gasteiger partial charge in [0.05, 0.1) is 5.60 Å². The Bertz CT molecular complexity index is 713. The molecule has 1 heterocycles. The fourth-order valence-electron chi connectivity index (χ4n) is 2.33. The molecule has 1 aromatic heterocycles. The molecule has 1 aromatic carbocycles. The number of aromatic nitrogens is 1. The van der Waals surface area contributed by atoms with Crippen molar-refractivity contribution in [1.29, 1.82) is 0 Å². The number of benzene rings is 1. The molecule has 1 amide bonds. The van der Waals surface area contributed by atoms with Gasteiger partial charge < -0.3 is 10.0 Å². The number of carbonyl (C=O) groups excluding carboxylic acids is 1. The SMILES string of the molecule is Cc1csc(=O)n1CC(=O)N(Cc1ccccc1)CC(C)(C)O. The van der Waals surface area contributed by atoms with Crippen molar-refractivity contribution < 1.29 is 9.90 Å². The van der Waals surface area contributed by atoms with Crippen molar-refractivity contribution in [3.05, 3.63) is 56.6 Å². The lowest BCUT2D eigenvalue weighted by atomic mass is 10.1. The Hall–Kier alpha value is -1.92. The molecular formula is C17H22N2O3S. The molecule has 5 nitrogen and oxygen atoms in total. The molecule has 23 heavy (non-hydrogen) atoms. The second kappa shape index (κ2) is 7.10. The highest BCUT2D eigenvalue weighted by Gasteiger charge is 2.23. The molecule has 0 radical (unpaired) electrons. The highest BCUT2D eigenvalue weighted by Crippen LogP contribution is 2.12. The van der Waals surface area contributed by atoms with E-state index in [0.717, 1.165) is 22.6 Å². The lowest BCUT2D eigenvalue weighted by molar-refractivity contribution is -0.135. The largest absolute Gasteiger partial charge is 0.389 e. The number of amides is 1. The molecule has 0 saturated heterocycles. The first-order valence-corrected chi connectivity index (χ1v) is 8.33. The van der Waals surface area contributed by atoms with Crippen molar-refractivity contribution in [3.8, 4) is 0 Å². The van der Waals surface area contributed by atoms with E-state index in [-0.39, 0.29) is 23.9 Å². The zero-order valence-corrected chi connectivity index (χ0v) is 14.5. The molecule has 124 valence electrons. The first-order chi connectivity index (χ1) is 10.8. The van der Waals surface area contributed by atoms with Crippen LogP contribution < -0.4 is 4.87 Å². The number of thiazole rings is 1. The molecule has 0 aliphatic carbocycles. The number of carbonyl (C=O) groups is 1. The lowest BCUT2D eigenvalue weighted by Gasteiger charge is -2.29. The van der Waals surface area contributed by atoms with E-state index in [2.05, 4.69) is 0 Å². The molecule has 0 bridgehead atoms. The number of aliphatic hydroxyl groups is 1. The summed E-state index contributed by atoms with van der Waals surface area (Å²) in [5.74, 6) is -0.181. The van der Waals surface area contributed by atoms with Crippen LogP contribution in [-0.2, 0) is 17.9 Å². The topological polar surface area (TPSA) is 62.5 Å². The van der Waals surface area contributed by atoms with Gasteiger partial charge in [0.15, 0.2) is 0 Å². The van der Waals surface area contributed by atoms with Crippen LogP contribution in [0.5, 0.6) is 0 Å². The third-order valence-electron chi connectivity index (χ3n) is 3.42. The van der Waals surface area contributed by atoms with Gasteiger partial charge in [-0.2, -0.15) is 0 Å². The maximum atomic E-state index is 12.7. The maximum Gasteiger partial charge on any atom is 0.307 e. The number of rotatable bonds is 6. The number of hydrogen-bond donors (Lipinski definition) is 1. The Balaban J connectivity index is 2.19. The van der Waals surface area contributed by atoms with Gasteiger partial charge in [-0.3, -0.25) is 14.2 Å². The van der Waals surface area contributed by atoms with E-state index in [1.54, 1.807) is 24.1 Å². The quantitative estimate of drug-likeness (QED) is 0.879. The summed E-state index contributed by atoms with van der Waals surface area (Å²) in [5, 5.41) is 11.8. The summed E-state index contributed by atoms with van der Waals surface area (Å²) >= 11 is 1.09. The van der Waals surface area contributed by atoms with Crippen LogP contribution in [0.1, 0.15) is 25.1 Å². The molecule has 6 heteroatoms. The van der Waals surface area contributed by atoms with E-state index in [9.17, 15) is 14.7 Å². The minimum atomic E-state index is -1.00. The molecule has 2 aromatic rings. The Kier molecular flexibility index (Phi) is 5.38. The summed E-state index contributed by atoms with van der Waals surface area (Å²) in [4.78, 5) is 25.9. The Morgan fingerprint density at radius 2 is 1.96 bits per heavy atom. The van der Waals surface area contributed by atoms with Crippen molar-refractivity contribution in [1.82, 2.24) is 9.47 Å². The fourth-order valence-corrected chi connectivity index (χ4v) is 3.07. The monoisotopic (exact) mass is 334 g/mol. The van der Waals surface area contributed by atoms with Crippen LogP contribution in [0.15, 0.2) is 40.5 Å². The van der Waals surface area contributed by atoms with Gasteiger partial charge in [0.1, 0.15) is 6.54 Å². The molecule has 0 aliphatic heterocycles. The van der Waals surface area contributed by atoms with Crippen LogP contribution in [0.3, 0.4) is 0 Å². The molecule has 1 N–H and O–H groups in total.